The molecule has 0 heterocycles. The quantitative estimate of drug-likeness (QED) is 0.618. The Morgan fingerprint density at radius 3 is 2.41 bits per heavy atom. The second-order valence-electron chi connectivity index (χ2n) is 6.12. The first-order valence-electron chi connectivity index (χ1n) is 8.57. The number of hydrogen-bond donors (Lipinski definition) is 1. The van der Waals surface area contributed by atoms with Crippen molar-refractivity contribution in [2.45, 2.75) is 17.9 Å². The van der Waals surface area contributed by atoms with Crippen molar-refractivity contribution in [2.24, 2.45) is 0 Å². The maximum atomic E-state index is 13.2. The van der Waals surface area contributed by atoms with E-state index < -0.39 is 45.0 Å². The van der Waals surface area contributed by atoms with Crippen LogP contribution < -0.4 is 4.72 Å². The van der Waals surface area contributed by atoms with E-state index in [1.165, 1.54) is 4.90 Å². The number of carbonyl (C=O) groups is 2. The van der Waals surface area contributed by atoms with Crippen molar-refractivity contribution < 1.29 is 31.5 Å². The van der Waals surface area contributed by atoms with E-state index in [0.717, 1.165) is 11.6 Å². The van der Waals surface area contributed by atoms with Gasteiger partial charge < -0.3 is 9.64 Å². The summed E-state index contributed by atoms with van der Waals surface area (Å²) in [6, 6.07) is 11.4. The third-order valence-corrected chi connectivity index (χ3v) is 5.33. The van der Waals surface area contributed by atoms with Crippen molar-refractivity contribution in [2.75, 3.05) is 20.2 Å². The Bertz CT molecular complexity index is 968. The highest BCUT2D eigenvalue weighted by Crippen LogP contribution is 2.13. The molecule has 7 nitrogen and oxygen atoms in total. The van der Waals surface area contributed by atoms with E-state index in [-0.39, 0.29) is 13.0 Å². The van der Waals surface area contributed by atoms with Gasteiger partial charge in [0, 0.05) is 20.1 Å². The first kappa shape index (κ1) is 22.4. The Labute approximate surface area is 167 Å². The SMILES string of the molecule is CN(Cc1ccccc1)C(=O)COC(=O)CCNS(=O)(=O)c1ccc(F)c(F)c1. The maximum Gasteiger partial charge on any atom is 0.307 e. The standard InChI is InChI=1S/C19H20F2N2O5S/c1-23(12-14-5-3-2-4-6-14)18(24)13-28-19(25)9-10-22-29(26,27)15-7-8-16(20)17(21)11-15/h2-8,11,22H,9-10,12-13H2,1H3. The summed E-state index contributed by atoms with van der Waals surface area (Å²) in [5.74, 6) is -3.66. The third kappa shape index (κ3) is 6.91. The molecule has 1 amide bonds. The minimum Gasteiger partial charge on any atom is -0.456 e. The molecule has 0 spiro atoms. The molecule has 0 saturated carbocycles. The van der Waals surface area contributed by atoms with Crippen LogP contribution in [0.25, 0.3) is 0 Å². The number of amides is 1. The van der Waals surface area contributed by atoms with E-state index in [2.05, 4.69) is 4.72 Å². The maximum absolute atomic E-state index is 13.2. The number of halogens is 2. The largest absolute Gasteiger partial charge is 0.456 e. The van der Waals surface area contributed by atoms with Crippen molar-refractivity contribution in [3.63, 3.8) is 0 Å². The van der Waals surface area contributed by atoms with Crippen LogP contribution in [0.4, 0.5) is 8.78 Å². The minimum absolute atomic E-state index is 0.325. The number of ether oxygens (including phenoxy) is 1. The fourth-order valence-corrected chi connectivity index (χ4v) is 3.33. The van der Waals surface area contributed by atoms with E-state index in [1.807, 2.05) is 30.3 Å². The summed E-state index contributed by atoms with van der Waals surface area (Å²) in [7, 11) is -2.55. The summed E-state index contributed by atoms with van der Waals surface area (Å²) in [5.41, 5.74) is 0.918. The molecule has 2 aromatic carbocycles. The highest BCUT2D eigenvalue weighted by atomic mass is 32.2. The van der Waals surface area contributed by atoms with Gasteiger partial charge in [-0.2, -0.15) is 0 Å². The molecule has 0 atom stereocenters. The molecule has 0 aliphatic heterocycles. The molecule has 0 unspecified atom stereocenters. The number of likely N-dealkylation sites (N-methyl/N-ethyl adjacent to an activating group) is 1. The molecule has 2 aromatic rings. The second-order valence-corrected chi connectivity index (χ2v) is 7.89. The molecule has 10 heteroatoms. The van der Waals surface area contributed by atoms with E-state index in [9.17, 15) is 26.8 Å². The van der Waals surface area contributed by atoms with Gasteiger partial charge in [-0.15, -0.1) is 0 Å². The number of rotatable bonds is 9. The van der Waals surface area contributed by atoms with E-state index in [4.69, 9.17) is 4.74 Å². The average Bonchev–Trinajstić information content (AvgIpc) is 2.68. The van der Waals surface area contributed by atoms with Gasteiger partial charge in [0.05, 0.1) is 11.3 Å². The van der Waals surface area contributed by atoms with Gasteiger partial charge in [-0.05, 0) is 23.8 Å². The lowest BCUT2D eigenvalue weighted by atomic mass is 10.2. The Hall–Kier alpha value is -2.85. The van der Waals surface area contributed by atoms with Gasteiger partial charge >= 0.3 is 5.97 Å². The molecular formula is C19H20F2N2O5S. The number of benzene rings is 2. The summed E-state index contributed by atoms with van der Waals surface area (Å²) < 4.78 is 57.0. The molecule has 0 saturated heterocycles. The van der Waals surface area contributed by atoms with Crippen molar-refractivity contribution in [1.29, 1.82) is 0 Å². The van der Waals surface area contributed by atoms with Gasteiger partial charge in [0.2, 0.25) is 10.0 Å². The molecule has 0 aromatic heterocycles. The summed E-state index contributed by atoms with van der Waals surface area (Å²) in [4.78, 5) is 24.6. The van der Waals surface area contributed by atoms with Crippen molar-refractivity contribution >= 4 is 21.9 Å². The highest BCUT2D eigenvalue weighted by molar-refractivity contribution is 7.89. The highest BCUT2D eigenvalue weighted by Gasteiger charge is 2.17. The van der Waals surface area contributed by atoms with Crippen LogP contribution in [0.5, 0.6) is 0 Å². The van der Waals surface area contributed by atoms with Crippen LogP contribution in [0.3, 0.4) is 0 Å². The zero-order chi connectivity index (χ0) is 21.4. The fraction of sp³-hybridized carbons (Fsp3) is 0.263. The zero-order valence-corrected chi connectivity index (χ0v) is 16.4. The van der Waals surface area contributed by atoms with Crippen molar-refractivity contribution in [3.05, 3.63) is 65.7 Å². The topological polar surface area (TPSA) is 92.8 Å². The number of nitrogens with zero attached hydrogens (tertiary/aromatic N) is 1. The minimum atomic E-state index is -4.11. The normalized spacial score (nSPS) is 11.1. The zero-order valence-electron chi connectivity index (χ0n) is 15.6. The molecule has 0 radical (unpaired) electrons. The van der Waals surface area contributed by atoms with Crippen LogP contribution in [-0.4, -0.2) is 45.4 Å². The first-order valence-corrected chi connectivity index (χ1v) is 10.1. The van der Waals surface area contributed by atoms with E-state index in [0.29, 0.717) is 18.7 Å². The molecule has 0 aliphatic carbocycles. The Kier molecular flexibility index (Phi) is 7.80. The molecule has 0 bridgehead atoms. The number of carbonyl (C=O) groups excluding carboxylic acids is 2. The molecule has 0 aliphatic rings. The fourth-order valence-electron chi connectivity index (χ4n) is 2.28. The monoisotopic (exact) mass is 426 g/mol. The second kappa shape index (κ2) is 10.1. The van der Waals surface area contributed by atoms with Gasteiger partial charge in [-0.1, -0.05) is 30.3 Å². The van der Waals surface area contributed by atoms with Gasteiger partial charge in [0.1, 0.15) is 0 Å². The summed E-state index contributed by atoms with van der Waals surface area (Å²) in [6.45, 7) is -0.447. The predicted octanol–water partition coefficient (Wildman–Crippen LogP) is 1.83. The van der Waals surface area contributed by atoms with Gasteiger partial charge in [-0.25, -0.2) is 21.9 Å². The van der Waals surface area contributed by atoms with Crippen LogP contribution in [0, 0.1) is 11.6 Å². The van der Waals surface area contributed by atoms with Gasteiger partial charge in [-0.3, -0.25) is 9.59 Å². The van der Waals surface area contributed by atoms with Crippen LogP contribution in [-0.2, 0) is 30.9 Å². The van der Waals surface area contributed by atoms with Crippen LogP contribution in [0.2, 0.25) is 0 Å². The number of nitrogens with one attached hydrogen (secondary N) is 1. The van der Waals surface area contributed by atoms with Gasteiger partial charge in [0.15, 0.2) is 18.2 Å². The van der Waals surface area contributed by atoms with Crippen LogP contribution in [0.1, 0.15) is 12.0 Å². The van der Waals surface area contributed by atoms with Crippen LogP contribution in [0.15, 0.2) is 53.4 Å². The van der Waals surface area contributed by atoms with Crippen molar-refractivity contribution in [3.8, 4) is 0 Å². The van der Waals surface area contributed by atoms with E-state index >= 15 is 0 Å². The lowest BCUT2D eigenvalue weighted by Crippen LogP contribution is -2.31. The lowest BCUT2D eigenvalue weighted by molar-refractivity contribution is -0.151. The number of esters is 1. The molecule has 1 N–H and O–H groups in total. The van der Waals surface area contributed by atoms with E-state index in [1.54, 1.807) is 7.05 Å². The Morgan fingerprint density at radius 1 is 1.07 bits per heavy atom. The Balaban J connectivity index is 1.75. The first-order chi connectivity index (χ1) is 13.7. The molecule has 29 heavy (non-hydrogen) atoms. The lowest BCUT2D eigenvalue weighted by Gasteiger charge is -2.17. The smallest absolute Gasteiger partial charge is 0.307 e. The summed E-state index contributed by atoms with van der Waals surface area (Å²) in [5, 5.41) is 0. The summed E-state index contributed by atoms with van der Waals surface area (Å²) >= 11 is 0. The van der Waals surface area contributed by atoms with Gasteiger partial charge in [0.25, 0.3) is 5.91 Å². The van der Waals surface area contributed by atoms with Crippen LogP contribution >= 0.6 is 0 Å². The molecule has 2 rings (SSSR count). The molecular weight excluding hydrogens is 406 g/mol. The predicted molar refractivity (Wildman–Crippen MR) is 100 cm³/mol. The Morgan fingerprint density at radius 2 is 1.76 bits per heavy atom. The molecule has 0 fully saturated rings. The van der Waals surface area contributed by atoms with Crippen molar-refractivity contribution in [1.82, 2.24) is 9.62 Å². The third-order valence-electron chi connectivity index (χ3n) is 3.87. The molecule has 156 valence electrons. The number of hydrogen-bond acceptors (Lipinski definition) is 5. The number of sulfonamides is 1. The average molecular weight is 426 g/mol. The summed E-state index contributed by atoms with van der Waals surface area (Å²) in [6.07, 6.45) is -0.335.